The highest BCUT2D eigenvalue weighted by Gasteiger charge is 2.56. The molecule has 3 heterocycles. The Labute approximate surface area is 170 Å². The minimum absolute atomic E-state index is 0.0271. The van der Waals surface area contributed by atoms with Crippen molar-refractivity contribution in [3.05, 3.63) is 18.2 Å². The summed E-state index contributed by atoms with van der Waals surface area (Å²) in [6.07, 6.45) is -6.63. The van der Waals surface area contributed by atoms with E-state index in [-0.39, 0.29) is 18.9 Å². The zero-order chi connectivity index (χ0) is 23.6. The van der Waals surface area contributed by atoms with Gasteiger partial charge in [-0.15, -0.1) is 0 Å². The number of nitrogens with zero attached hydrogens (tertiary/aromatic N) is 3. The molecule has 2 N–H and O–H groups in total. The van der Waals surface area contributed by atoms with Gasteiger partial charge in [0.05, 0.1) is 25.6 Å². The number of fused-ring (bicyclic) bond motifs is 1. The number of aromatic nitrogens is 2. The normalized spacial score (nSPS) is 23.5. The van der Waals surface area contributed by atoms with Crippen molar-refractivity contribution >= 4 is 17.8 Å². The number of alkyl halides is 6. The fourth-order valence-corrected chi connectivity index (χ4v) is 3.42. The molecule has 174 valence electrons. The van der Waals surface area contributed by atoms with E-state index < -0.39 is 48.2 Å². The lowest BCUT2D eigenvalue weighted by molar-refractivity contribution is -0.192. The topological polar surface area (TPSA) is 122 Å². The molecule has 2 aliphatic rings. The van der Waals surface area contributed by atoms with Crippen molar-refractivity contribution in [3.63, 3.8) is 0 Å². The Bertz CT molecular complexity index is 839. The monoisotopic (exact) mass is 461 g/mol. The van der Waals surface area contributed by atoms with Crippen molar-refractivity contribution in [2.45, 2.75) is 37.8 Å². The zero-order valence-corrected chi connectivity index (χ0v) is 15.6. The van der Waals surface area contributed by atoms with Crippen molar-refractivity contribution in [1.29, 1.82) is 0 Å². The van der Waals surface area contributed by atoms with Gasteiger partial charge in [0.15, 0.2) is 0 Å². The summed E-state index contributed by atoms with van der Waals surface area (Å²) >= 11 is 0. The van der Waals surface area contributed by atoms with Gasteiger partial charge in [0.25, 0.3) is 5.91 Å². The molecule has 15 heteroatoms. The molecule has 3 rings (SSSR count). The molecule has 0 aliphatic carbocycles. The van der Waals surface area contributed by atoms with E-state index in [1.54, 1.807) is 0 Å². The summed E-state index contributed by atoms with van der Waals surface area (Å²) < 4.78 is 75.0. The van der Waals surface area contributed by atoms with Crippen molar-refractivity contribution in [3.8, 4) is 0 Å². The molecule has 0 bridgehead atoms. The van der Waals surface area contributed by atoms with Crippen molar-refractivity contribution in [2.75, 3.05) is 19.8 Å². The molecule has 1 amide bonds. The maximum absolute atomic E-state index is 12.6. The number of carboxylic acids is 2. The average Bonchev–Trinajstić information content (AvgIpc) is 3.26. The molecule has 0 spiro atoms. The molecule has 0 unspecified atom stereocenters. The van der Waals surface area contributed by atoms with E-state index in [1.165, 1.54) is 4.90 Å². The van der Waals surface area contributed by atoms with Crippen LogP contribution in [0.2, 0.25) is 0 Å². The molecular weight excluding hydrogens is 444 g/mol. The minimum atomic E-state index is -5.08. The number of hydrogen-bond donors (Lipinski definition) is 2. The van der Waals surface area contributed by atoms with E-state index in [9.17, 15) is 41.0 Å². The van der Waals surface area contributed by atoms with Gasteiger partial charge >= 0.3 is 24.3 Å². The Hall–Kier alpha value is -2.84. The lowest BCUT2D eigenvalue weighted by Crippen LogP contribution is -2.57. The second kappa shape index (κ2) is 8.72. The quantitative estimate of drug-likeness (QED) is 0.658. The van der Waals surface area contributed by atoms with Gasteiger partial charge in [0.2, 0.25) is 0 Å². The second-order valence-electron chi connectivity index (χ2n) is 6.94. The van der Waals surface area contributed by atoms with Crippen LogP contribution in [0, 0.1) is 5.41 Å². The summed E-state index contributed by atoms with van der Waals surface area (Å²) in [6.45, 7) is -0.784. The van der Waals surface area contributed by atoms with Crippen LogP contribution in [0.15, 0.2) is 12.5 Å². The third-order valence-electron chi connectivity index (χ3n) is 4.81. The second-order valence-corrected chi connectivity index (χ2v) is 6.94. The van der Waals surface area contributed by atoms with Crippen molar-refractivity contribution < 1.29 is 55.7 Å². The van der Waals surface area contributed by atoms with Crippen molar-refractivity contribution in [1.82, 2.24) is 14.5 Å². The summed E-state index contributed by atoms with van der Waals surface area (Å²) in [4.78, 5) is 38.3. The molecule has 0 aromatic carbocycles. The number of imidazole rings is 1. The third kappa shape index (κ3) is 5.65. The van der Waals surface area contributed by atoms with E-state index >= 15 is 0 Å². The van der Waals surface area contributed by atoms with E-state index in [1.807, 2.05) is 0 Å². The maximum atomic E-state index is 12.6. The molecule has 0 saturated carbocycles. The highest BCUT2D eigenvalue weighted by atomic mass is 19.4. The van der Waals surface area contributed by atoms with E-state index in [0.717, 1.165) is 17.1 Å². The van der Waals surface area contributed by atoms with Gasteiger partial charge in [-0.2, -0.15) is 26.3 Å². The Kier molecular flexibility index (Phi) is 6.87. The molecule has 0 radical (unpaired) electrons. The van der Waals surface area contributed by atoms with E-state index in [0.29, 0.717) is 19.4 Å². The largest absolute Gasteiger partial charge is 0.490 e. The predicted molar refractivity (Wildman–Crippen MR) is 86.9 cm³/mol. The van der Waals surface area contributed by atoms with E-state index in [2.05, 4.69) is 4.98 Å². The Morgan fingerprint density at radius 3 is 2.32 bits per heavy atom. The molecule has 9 nitrogen and oxygen atoms in total. The average molecular weight is 461 g/mol. The van der Waals surface area contributed by atoms with Crippen molar-refractivity contribution in [2.24, 2.45) is 5.41 Å². The number of amides is 1. The molecule has 2 aliphatic heterocycles. The fourth-order valence-electron chi connectivity index (χ4n) is 3.42. The Balaban J connectivity index is 0.000000423. The fraction of sp³-hybridized carbons (Fsp3) is 0.625. The first-order chi connectivity index (χ1) is 14.2. The van der Waals surface area contributed by atoms with Gasteiger partial charge in [-0.05, 0) is 12.8 Å². The zero-order valence-electron chi connectivity index (χ0n) is 15.6. The minimum Gasteiger partial charge on any atom is -0.481 e. The van der Waals surface area contributed by atoms with Crippen LogP contribution in [-0.4, -0.2) is 80.7 Å². The summed E-state index contributed by atoms with van der Waals surface area (Å²) in [7, 11) is 0. The van der Waals surface area contributed by atoms with Crippen LogP contribution in [-0.2, 0) is 20.9 Å². The third-order valence-corrected chi connectivity index (χ3v) is 4.81. The maximum Gasteiger partial charge on any atom is 0.490 e. The number of rotatable bonds is 3. The number of aliphatic carboxylic acids is 2. The number of ether oxygens (including phenoxy) is 1. The molecule has 1 aromatic rings. The first-order valence-electron chi connectivity index (χ1n) is 8.68. The van der Waals surface area contributed by atoms with Gasteiger partial charge in [0, 0.05) is 12.7 Å². The lowest BCUT2D eigenvalue weighted by Gasteiger charge is -2.41. The molecule has 2 fully saturated rings. The smallest absolute Gasteiger partial charge is 0.481 e. The van der Waals surface area contributed by atoms with Gasteiger partial charge in [-0.3, -0.25) is 9.59 Å². The van der Waals surface area contributed by atoms with Crippen LogP contribution in [0.25, 0.3) is 0 Å². The lowest BCUT2D eigenvalue weighted by atomic mass is 9.75. The van der Waals surface area contributed by atoms with Crippen LogP contribution < -0.4 is 0 Å². The molecular formula is C16H17F6N3O6. The molecule has 2 saturated heterocycles. The van der Waals surface area contributed by atoms with E-state index in [4.69, 9.17) is 14.6 Å². The molecule has 31 heavy (non-hydrogen) atoms. The van der Waals surface area contributed by atoms with Gasteiger partial charge in [-0.25, -0.2) is 9.78 Å². The van der Waals surface area contributed by atoms with Gasteiger partial charge in [0.1, 0.15) is 17.7 Å². The SMILES string of the molecule is O=C(O)C(F)(F)F.O=C(c1cn(CC(F)(F)F)cn1)N1CCC[C@@]2(C(=O)O)COC[C@H]12. The summed E-state index contributed by atoms with van der Waals surface area (Å²) in [6, 6.07) is -0.635. The summed E-state index contributed by atoms with van der Waals surface area (Å²) in [5.41, 5.74) is -1.28. The number of carbonyl (C=O) groups is 3. The first kappa shape index (κ1) is 24.4. The number of piperidine rings is 1. The highest BCUT2D eigenvalue weighted by Crippen LogP contribution is 2.41. The number of hydrogen-bond acceptors (Lipinski definition) is 5. The number of carbonyl (C=O) groups excluding carboxylic acids is 1. The Morgan fingerprint density at radius 1 is 1.19 bits per heavy atom. The van der Waals surface area contributed by atoms with Crippen LogP contribution in [0.5, 0.6) is 0 Å². The predicted octanol–water partition coefficient (Wildman–Crippen LogP) is 1.78. The van der Waals surface area contributed by atoms with Gasteiger partial charge in [-0.1, -0.05) is 0 Å². The summed E-state index contributed by atoms with van der Waals surface area (Å²) in [5.74, 6) is -4.35. The number of likely N-dealkylation sites (tertiary alicyclic amines) is 1. The van der Waals surface area contributed by atoms with Crippen LogP contribution in [0.1, 0.15) is 23.3 Å². The highest BCUT2D eigenvalue weighted by molar-refractivity contribution is 5.93. The van der Waals surface area contributed by atoms with Crippen LogP contribution >= 0.6 is 0 Å². The molecule has 2 atom stereocenters. The standard InChI is InChI=1S/C14H16F3N3O4.C2HF3O2/c15-14(16,17)6-19-4-9(18-8-19)11(21)20-3-1-2-13(12(22)23)7-24-5-10(13)20;3-2(4,5)1(6)7/h4,8,10H,1-3,5-7H2,(H,22,23);(H,6,7)/t10-,13+;/m0./s1. The number of halogens is 6. The van der Waals surface area contributed by atoms with Gasteiger partial charge < -0.3 is 24.4 Å². The molecule has 1 aromatic heterocycles. The number of carboxylic acid groups (broad SMARTS) is 2. The van der Waals surface area contributed by atoms with Crippen LogP contribution in [0.3, 0.4) is 0 Å². The summed E-state index contributed by atoms with van der Waals surface area (Å²) in [5, 5.41) is 16.7. The van der Waals surface area contributed by atoms with Crippen LogP contribution in [0.4, 0.5) is 26.3 Å². The Morgan fingerprint density at radius 2 is 1.81 bits per heavy atom. The first-order valence-corrected chi connectivity index (χ1v) is 8.68.